The largest absolute Gasteiger partial charge is 0.481 e. The maximum atomic E-state index is 12.5. The Morgan fingerprint density at radius 3 is 2.42 bits per heavy atom. The molecule has 53 heavy (non-hydrogen) atoms. The number of hydrogen-bond donors (Lipinski definition) is 9. The van der Waals surface area contributed by atoms with E-state index in [0.717, 1.165) is 17.5 Å². The molecule has 1 fully saturated rings. The first kappa shape index (κ1) is 38.6. The van der Waals surface area contributed by atoms with Crippen molar-refractivity contribution in [2.75, 3.05) is 18.9 Å². The first-order valence-electron chi connectivity index (χ1n) is 15.4. The number of nitrogens with zero attached hydrogens (tertiary/aromatic N) is 7. The number of H-pyrrole nitrogens is 1. The van der Waals surface area contributed by atoms with Crippen LogP contribution in [-0.2, 0) is 33.8 Å². The minimum absolute atomic E-state index is 0.0293. The number of nitrogen functional groups attached to an aromatic ring is 1. The highest BCUT2D eigenvalue weighted by atomic mass is 31.3. The molecule has 1 saturated heterocycles. The number of nitrogens with two attached hydrogens (primary N) is 1. The highest BCUT2D eigenvalue weighted by molar-refractivity contribution is 7.61. The van der Waals surface area contributed by atoms with Gasteiger partial charge in [0.15, 0.2) is 29.2 Å². The Morgan fingerprint density at radius 1 is 0.981 bits per heavy atom. The zero-order valence-electron chi connectivity index (χ0n) is 27.5. The molecule has 3 aliphatic rings. The van der Waals surface area contributed by atoms with Crippen LogP contribution < -0.4 is 17.0 Å². The third-order valence-corrected chi connectivity index (χ3v) is 11.0. The summed E-state index contributed by atoms with van der Waals surface area (Å²) in [7, 11) is -11.0. The smallest absolute Gasteiger partial charge is 0.388 e. The SMILES string of the molecule is Cc1cc2nc3c(=O)[nH]c(=O)nc-3n(C[C@H](O)[C@H](O)[C@H](O)COP(=O)(O)OP(=O)(O)O[13CH2][13CH]3O[13CH](n4cnc5c(N)ncnc54)[13C@H](O)[13C@@H]3O)c2cc1C. The third kappa shape index (κ3) is 7.91. The zero-order valence-corrected chi connectivity index (χ0v) is 29.3. The van der Waals surface area contributed by atoms with Crippen molar-refractivity contribution in [3.8, 4) is 11.5 Å². The Bertz CT molecular complexity index is 2350. The molecule has 1 aromatic carbocycles. The summed E-state index contributed by atoms with van der Waals surface area (Å²) in [5.41, 5.74) is 6.11. The van der Waals surface area contributed by atoms with Crippen molar-refractivity contribution in [3.63, 3.8) is 0 Å². The fraction of sp³-hybridized carbons (Fsp3) is 0.444. The maximum Gasteiger partial charge on any atom is 0.481 e. The minimum atomic E-state index is -5.54. The lowest BCUT2D eigenvalue weighted by Gasteiger charge is -2.26. The highest BCUT2D eigenvalue weighted by Gasteiger charge is 2.46. The summed E-state index contributed by atoms with van der Waals surface area (Å²) in [6.45, 7) is 0.795. The first-order chi connectivity index (χ1) is 24.9. The maximum absolute atomic E-state index is 12.5. The molecule has 0 bridgehead atoms. The fourth-order valence-electron chi connectivity index (χ4n) is 5.55. The lowest BCUT2D eigenvalue weighted by molar-refractivity contribution is -0.0794. The number of phosphoric ester groups is 2. The van der Waals surface area contributed by atoms with Crippen molar-refractivity contribution in [3.05, 3.63) is 56.8 Å². The number of ether oxygens (including phenoxy) is 1. The van der Waals surface area contributed by atoms with Gasteiger partial charge in [-0.1, -0.05) is 0 Å². The van der Waals surface area contributed by atoms with Gasteiger partial charge in [-0.05, 0) is 37.1 Å². The zero-order chi connectivity index (χ0) is 38.6. The fourth-order valence-corrected chi connectivity index (χ4v) is 7.65. The van der Waals surface area contributed by atoms with Crippen LogP contribution in [0.5, 0.6) is 0 Å². The van der Waals surface area contributed by atoms with Crippen LogP contribution in [-0.4, -0.2) is 124 Å². The van der Waals surface area contributed by atoms with E-state index < -0.39 is 89.5 Å². The van der Waals surface area contributed by atoms with E-state index in [0.29, 0.717) is 5.52 Å². The second-order valence-corrected chi connectivity index (χ2v) is 15.1. The number of aryl methyl sites for hydroxylation is 2. The Balaban J connectivity index is 1.07. The lowest BCUT2D eigenvalue weighted by Crippen LogP contribution is -2.42. The monoisotopic (exact) mass is 790 g/mol. The molecule has 9 atom stereocenters. The summed E-state index contributed by atoms with van der Waals surface area (Å²) in [6.07, 6.45) is -9.93. The minimum Gasteiger partial charge on any atom is -0.388 e. The number of imidazole rings is 1. The van der Waals surface area contributed by atoms with Gasteiger partial charge in [0, 0.05) is 0 Å². The van der Waals surface area contributed by atoms with Crippen LogP contribution in [0, 0.1) is 13.8 Å². The Morgan fingerprint density at radius 2 is 1.68 bits per heavy atom. The van der Waals surface area contributed by atoms with Gasteiger partial charge in [-0.3, -0.25) is 23.4 Å². The molecule has 10 N–H and O–H groups in total. The van der Waals surface area contributed by atoms with Crippen molar-refractivity contribution in [1.82, 2.24) is 39.0 Å². The Labute approximate surface area is 295 Å². The molecular weight excluding hydrogens is 757 g/mol. The Hall–Kier alpha value is -4.13. The number of aliphatic hydroxyl groups excluding tert-OH is 5. The molecule has 286 valence electrons. The van der Waals surface area contributed by atoms with Crippen LogP contribution in [0.1, 0.15) is 17.4 Å². The molecule has 0 spiro atoms. The summed E-state index contributed by atoms with van der Waals surface area (Å²) in [5, 5.41) is 53.0. The van der Waals surface area contributed by atoms with Gasteiger partial charge >= 0.3 is 21.3 Å². The van der Waals surface area contributed by atoms with E-state index in [-0.39, 0.29) is 34.0 Å². The molecule has 3 aliphatic heterocycles. The van der Waals surface area contributed by atoms with Crippen LogP contribution in [0.15, 0.2) is 34.4 Å². The molecule has 4 unspecified atom stereocenters. The van der Waals surface area contributed by atoms with E-state index in [9.17, 15) is 54.0 Å². The van der Waals surface area contributed by atoms with Gasteiger partial charge in [0.25, 0.3) is 5.56 Å². The van der Waals surface area contributed by atoms with Crippen LogP contribution in [0.25, 0.3) is 33.7 Å². The highest BCUT2D eigenvalue weighted by Crippen LogP contribution is 2.60. The van der Waals surface area contributed by atoms with Crippen molar-refractivity contribution < 1.29 is 62.5 Å². The quantitative estimate of drug-likeness (QED) is 0.0340. The molecule has 2 aromatic heterocycles. The van der Waals surface area contributed by atoms with Crippen molar-refractivity contribution in [2.24, 2.45) is 0 Å². The number of aromatic amines is 1. The van der Waals surface area contributed by atoms with Crippen LogP contribution in [0.2, 0.25) is 0 Å². The second-order valence-electron chi connectivity index (χ2n) is 12.1. The topological polar surface area (TPSA) is 363 Å². The average Bonchev–Trinajstić information content (AvgIpc) is 3.63. The Kier molecular flexibility index (Phi) is 10.6. The number of aliphatic hydroxyl groups is 5. The van der Waals surface area contributed by atoms with E-state index in [1.165, 1.54) is 15.5 Å². The lowest BCUT2D eigenvalue weighted by atomic mass is 10.1. The molecule has 0 aliphatic carbocycles. The number of benzene rings is 1. The van der Waals surface area contributed by atoms with E-state index in [1.54, 1.807) is 26.0 Å². The van der Waals surface area contributed by atoms with Crippen molar-refractivity contribution in [2.45, 2.75) is 63.2 Å². The normalized spacial score (nSPS) is 23.3. The van der Waals surface area contributed by atoms with Gasteiger partial charge in [-0.15, -0.1) is 0 Å². The predicted octanol–water partition coefficient (Wildman–Crippen LogP) is -2.42. The molecule has 0 saturated carbocycles. The van der Waals surface area contributed by atoms with E-state index in [1.807, 2.05) is 4.98 Å². The van der Waals surface area contributed by atoms with Gasteiger partial charge < -0.3 is 50.4 Å². The summed E-state index contributed by atoms with van der Waals surface area (Å²) >= 11 is 0. The van der Waals surface area contributed by atoms with Gasteiger partial charge in [0.1, 0.15) is 48.5 Å². The number of nitrogens with one attached hydrogen (secondary N) is 1. The second kappa shape index (κ2) is 14.6. The molecule has 0 amide bonds. The van der Waals surface area contributed by atoms with Gasteiger partial charge in [0.05, 0.1) is 37.1 Å². The number of hydrogen-bond acceptors (Lipinski definition) is 19. The summed E-state index contributed by atoms with van der Waals surface area (Å²) < 4.78 is 46.6. The number of fused-ring (bicyclic) bond motifs is 3. The summed E-state index contributed by atoms with van der Waals surface area (Å²) in [6, 6.07) is 3.29. The summed E-state index contributed by atoms with van der Waals surface area (Å²) in [4.78, 5) is 66.6. The molecule has 3 aromatic rings. The molecular formula is C27H33N9O15P2. The average molecular weight is 791 g/mol. The van der Waals surface area contributed by atoms with E-state index in [2.05, 4.69) is 33.8 Å². The van der Waals surface area contributed by atoms with Crippen LogP contribution in [0.3, 0.4) is 0 Å². The van der Waals surface area contributed by atoms with Gasteiger partial charge in [0.2, 0.25) is 0 Å². The molecule has 5 heterocycles. The molecule has 0 radical (unpaired) electrons. The van der Waals surface area contributed by atoms with E-state index >= 15 is 0 Å². The predicted molar refractivity (Wildman–Crippen MR) is 177 cm³/mol. The van der Waals surface area contributed by atoms with Crippen molar-refractivity contribution in [1.29, 1.82) is 0 Å². The van der Waals surface area contributed by atoms with E-state index in [4.69, 9.17) is 15.0 Å². The summed E-state index contributed by atoms with van der Waals surface area (Å²) in [5.74, 6) is -0.212. The first-order valence-corrected chi connectivity index (χ1v) is 18.4. The van der Waals surface area contributed by atoms with Crippen molar-refractivity contribution >= 4 is 43.7 Å². The number of rotatable bonds is 13. The number of anilines is 1. The van der Waals surface area contributed by atoms with Crippen LogP contribution in [0.4, 0.5) is 5.82 Å². The van der Waals surface area contributed by atoms with Gasteiger partial charge in [-0.25, -0.2) is 33.9 Å². The number of phosphoric acid groups is 2. The standard InChI is InChI=1S/C27H33N9O15P2/c1-10-3-12-13(4-11(10)2)35(24-18(32-12)25(42)34-27(43)33-24)5-14(37)19(39)15(38)6-48-52(44,45)51-53(46,47)49-7-16-20(40)21(41)26(50-16)36-9-31-17-22(28)29-8-30-23(17)36/h3-4,8-9,14-16,19-21,26,37-41H,5-7H2,1-2H3,(H,44,45)(H,46,47)(H2,28,29,30)(H,34,42,43)/t14-,15+,16?,19-,20+,21+,26?/m0/s1/i7+1,16+1,20+1,21+1,26+1. The van der Waals surface area contributed by atoms with Gasteiger partial charge in [-0.2, -0.15) is 9.29 Å². The molecule has 26 heteroatoms. The third-order valence-electron chi connectivity index (χ3n) is 8.40. The molecule has 24 nitrogen and oxygen atoms in total. The molecule has 6 rings (SSSR count). The van der Waals surface area contributed by atoms with Crippen LogP contribution >= 0.6 is 15.6 Å². The number of aromatic nitrogens is 8.